The molecule has 1 aromatic heterocycles. The van der Waals surface area contributed by atoms with Crippen LogP contribution < -0.4 is 0 Å². The summed E-state index contributed by atoms with van der Waals surface area (Å²) in [5.74, 6) is 0.893. The van der Waals surface area contributed by atoms with E-state index in [0.717, 1.165) is 11.4 Å². The Morgan fingerprint density at radius 3 is 2.80 bits per heavy atom. The van der Waals surface area contributed by atoms with E-state index < -0.39 is 0 Å². The first-order chi connectivity index (χ1) is 4.83. The number of hydrogen-bond acceptors (Lipinski definition) is 3. The van der Waals surface area contributed by atoms with E-state index in [1.54, 1.807) is 24.2 Å². The van der Waals surface area contributed by atoms with Crippen molar-refractivity contribution in [3.63, 3.8) is 0 Å². The molecule has 0 amide bonds. The van der Waals surface area contributed by atoms with Gasteiger partial charge in [-0.25, -0.2) is 4.98 Å². The summed E-state index contributed by atoms with van der Waals surface area (Å²) >= 11 is 7.25. The third kappa shape index (κ3) is 2.15. The van der Waals surface area contributed by atoms with Gasteiger partial charge in [-0.1, -0.05) is 11.6 Å². The van der Waals surface area contributed by atoms with Crippen molar-refractivity contribution in [1.82, 2.24) is 9.97 Å². The minimum atomic E-state index is 0.449. The number of aromatic nitrogens is 2. The minimum Gasteiger partial charge on any atom is -0.256 e. The van der Waals surface area contributed by atoms with Gasteiger partial charge in [0.05, 0.1) is 18.1 Å². The molecule has 0 aliphatic rings. The fourth-order valence-electron chi connectivity index (χ4n) is 0.561. The van der Waals surface area contributed by atoms with Gasteiger partial charge in [-0.15, -0.1) is 0 Å². The van der Waals surface area contributed by atoms with Gasteiger partial charge in [0, 0.05) is 5.75 Å². The lowest BCUT2D eigenvalue weighted by molar-refractivity contribution is 1.10. The summed E-state index contributed by atoms with van der Waals surface area (Å²) in [5, 5.41) is 0.449. The van der Waals surface area contributed by atoms with Gasteiger partial charge >= 0.3 is 0 Å². The zero-order chi connectivity index (χ0) is 7.40. The lowest BCUT2D eigenvalue weighted by Gasteiger charge is -1.94. The molecule has 0 atom stereocenters. The molecule has 0 radical (unpaired) electrons. The van der Waals surface area contributed by atoms with Gasteiger partial charge in [-0.3, -0.25) is 4.98 Å². The van der Waals surface area contributed by atoms with E-state index in [1.807, 2.05) is 6.26 Å². The van der Waals surface area contributed by atoms with Crippen LogP contribution in [-0.4, -0.2) is 16.2 Å². The van der Waals surface area contributed by atoms with E-state index in [2.05, 4.69) is 9.97 Å². The third-order valence-corrected chi connectivity index (χ3v) is 1.75. The molecule has 0 bridgehead atoms. The Morgan fingerprint density at radius 2 is 2.30 bits per heavy atom. The molecule has 10 heavy (non-hydrogen) atoms. The Bertz CT molecular complexity index is 199. The number of nitrogens with zero attached hydrogens (tertiary/aromatic N) is 2. The zero-order valence-corrected chi connectivity index (χ0v) is 7.11. The predicted molar refractivity (Wildman–Crippen MR) is 44.3 cm³/mol. The molecule has 0 saturated carbocycles. The quantitative estimate of drug-likeness (QED) is 0.686. The first-order valence-corrected chi connectivity index (χ1v) is 4.55. The first kappa shape index (κ1) is 7.82. The standard InChI is InChI=1S/C6H7ClN2S/c1-10-4-5-2-9-6(7)3-8-5/h2-3H,4H2,1H3. The smallest absolute Gasteiger partial charge is 0.147 e. The van der Waals surface area contributed by atoms with Crippen LogP contribution in [-0.2, 0) is 5.75 Å². The van der Waals surface area contributed by atoms with E-state index in [0.29, 0.717) is 5.15 Å². The van der Waals surface area contributed by atoms with Crippen molar-refractivity contribution in [2.24, 2.45) is 0 Å². The molecule has 0 spiro atoms. The van der Waals surface area contributed by atoms with Crippen LogP contribution in [0, 0.1) is 0 Å². The van der Waals surface area contributed by atoms with Crippen molar-refractivity contribution < 1.29 is 0 Å². The minimum absolute atomic E-state index is 0.449. The summed E-state index contributed by atoms with van der Waals surface area (Å²) in [6, 6.07) is 0. The molecular weight excluding hydrogens is 168 g/mol. The van der Waals surface area contributed by atoms with Crippen molar-refractivity contribution in [2.45, 2.75) is 5.75 Å². The van der Waals surface area contributed by atoms with Gasteiger partial charge in [0.25, 0.3) is 0 Å². The average molecular weight is 175 g/mol. The highest BCUT2D eigenvalue weighted by atomic mass is 35.5. The number of halogens is 1. The molecule has 0 aromatic carbocycles. The Labute approximate surface area is 69.0 Å². The molecule has 2 nitrogen and oxygen atoms in total. The van der Waals surface area contributed by atoms with Gasteiger partial charge < -0.3 is 0 Å². The molecule has 1 heterocycles. The van der Waals surface area contributed by atoms with Crippen LogP contribution in [0.2, 0.25) is 5.15 Å². The maximum Gasteiger partial charge on any atom is 0.147 e. The van der Waals surface area contributed by atoms with Gasteiger partial charge in [0.1, 0.15) is 5.15 Å². The van der Waals surface area contributed by atoms with Gasteiger partial charge in [-0.2, -0.15) is 11.8 Å². The van der Waals surface area contributed by atoms with Crippen LogP contribution in [0.3, 0.4) is 0 Å². The summed E-state index contributed by atoms with van der Waals surface area (Å²) in [7, 11) is 0. The molecule has 0 aliphatic heterocycles. The molecule has 0 fully saturated rings. The van der Waals surface area contributed by atoms with Crippen LogP contribution in [0.1, 0.15) is 5.69 Å². The summed E-state index contributed by atoms with van der Waals surface area (Å²) in [4.78, 5) is 7.94. The van der Waals surface area contributed by atoms with E-state index in [9.17, 15) is 0 Å². The predicted octanol–water partition coefficient (Wildman–Crippen LogP) is 1.99. The lowest BCUT2D eigenvalue weighted by atomic mass is 10.5. The van der Waals surface area contributed by atoms with Crippen LogP contribution in [0.25, 0.3) is 0 Å². The highest BCUT2D eigenvalue weighted by Gasteiger charge is 1.92. The maximum absolute atomic E-state index is 5.53. The van der Waals surface area contributed by atoms with Crippen molar-refractivity contribution >= 4 is 23.4 Å². The summed E-state index contributed by atoms with van der Waals surface area (Å²) in [5.41, 5.74) is 0.969. The van der Waals surface area contributed by atoms with Crippen LogP contribution in [0.15, 0.2) is 12.4 Å². The van der Waals surface area contributed by atoms with E-state index in [1.165, 1.54) is 0 Å². The fraction of sp³-hybridized carbons (Fsp3) is 0.333. The fourth-order valence-corrected chi connectivity index (χ4v) is 1.10. The van der Waals surface area contributed by atoms with E-state index >= 15 is 0 Å². The topological polar surface area (TPSA) is 25.8 Å². The van der Waals surface area contributed by atoms with Gasteiger partial charge in [0.15, 0.2) is 0 Å². The molecule has 0 N–H and O–H groups in total. The summed E-state index contributed by atoms with van der Waals surface area (Å²) in [6.45, 7) is 0. The molecule has 0 saturated heterocycles. The van der Waals surface area contributed by atoms with Crippen molar-refractivity contribution in [2.75, 3.05) is 6.26 Å². The number of hydrogen-bond donors (Lipinski definition) is 0. The lowest BCUT2D eigenvalue weighted by Crippen LogP contribution is -1.87. The zero-order valence-electron chi connectivity index (χ0n) is 5.54. The van der Waals surface area contributed by atoms with Crippen LogP contribution >= 0.6 is 23.4 Å². The summed E-state index contributed by atoms with van der Waals surface area (Å²) in [6.07, 6.45) is 5.28. The van der Waals surface area contributed by atoms with E-state index in [4.69, 9.17) is 11.6 Å². The normalized spacial score (nSPS) is 9.80. The largest absolute Gasteiger partial charge is 0.256 e. The number of rotatable bonds is 2. The maximum atomic E-state index is 5.53. The molecule has 54 valence electrons. The van der Waals surface area contributed by atoms with E-state index in [-0.39, 0.29) is 0 Å². The second-order valence-corrected chi connectivity index (χ2v) is 3.02. The average Bonchev–Trinajstić information content (AvgIpc) is 1.95. The Kier molecular flexibility index (Phi) is 2.96. The Hall–Kier alpha value is -0.280. The van der Waals surface area contributed by atoms with Gasteiger partial charge in [-0.05, 0) is 6.26 Å². The highest BCUT2D eigenvalue weighted by Crippen LogP contribution is 2.06. The molecule has 4 heteroatoms. The molecular formula is C6H7ClN2S. The molecule has 1 aromatic rings. The Morgan fingerprint density at radius 1 is 1.50 bits per heavy atom. The SMILES string of the molecule is CSCc1cnc(Cl)cn1. The molecule has 0 unspecified atom stereocenters. The highest BCUT2D eigenvalue weighted by molar-refractivity contribution is 7.97. The van der Waals surface area contributed by atoms with Crippen molar-refractivity contribution in [1.29, 1.82) is 0 Å². The monoisotopic (exact) mass is 174 g/mol. The van der Waals surface area contributed by atoms with Crippen molar-refractivity contribution in [3.8, 4) is 0 Å². The molecule has 1 rings (SSSR count). The second kappa shape index (κ2) is 3.78. The van der Waals surface area contributed by atoms with Crippen molar-refractivity contribution in [3.05, 3.63) is 23.2 Å². The van der Waals surface area contributed by atoms with Crippen LogP contribution in [0.5, 0.6) is 0 Å². The summed E-state index contributed by atoms with van der Waals surface area (Å²) < 4.78 is 0. The van der Waals surface area contributed by atoms with Crippen LogP contribution in [0.4, 0.5) is 0 Å². The molecule has 0 aliphatic carbocycles. The number of thioether (sulfide) groups is 1. The second-order valence-electron chi connectivity index (χ2n) is 1.76. The third-order valence-electron chi connectivity index (χ3n) is 0.966. The Balaban J connectivity index is 2.69. The first-order valence-electron chi connectivity index (χ1n) is 2.78. The van der Waals surface area contributed by atoms with Gasteiger partial charge in [0.2, 0.25) is 0 Å².